The lowest BCUT2D eigenvalue weighted by Gasteiger charge is -2.22. The fraction of sp³-hybridized carbons (Fsp3) is 0.462. The predicted molar refractivity (Wildman–Crippen MR) is 70.9 cm³/mol. The molecule has 0 bridgehead atoms. The van der Waals surface area contributed by atoms with Crippen molar-refractivity contribution >= 4 is 11.7 Å². The highest BCUT2D eigenvalue weighted by atomic mass is 16.5. The molecule has 5 nitrogen and oxygen atoms in total. The molecule has 0 fully saturated rings. The van der Waals surface area contributed by atoms with Crippen molar-refractivity contribution in [2.24, 2.45) is 5.41 Å². The van der Waals surface area contributed by atoms with Crippen LogP contribution in [-0.2, 0) is 0 Å². The maximum atomic E-state index is 11.7. The molecule has 18 heavy (non-hydrogen) atoms. The summed E-state index contributed by atoms with van der Waals surface area (Å²) in [6, 6.07) is 6.86. The van der Waals surface area contributed by atoms with Crippen molar-refractivity contribution in [1.82, 2.24) is 5.32 Å². The number of anilines is 1. The van der Waals surface area contributed by atoms with Crippen molar-refractivity contribution in [3.05, 3.63) is 24.3 Å². The van der Waals surface area contributed by atoms with Crippen molar-refractivity contribution in [3.63, 3.8) is 0 Å². The SMILES string of the molecule is COc1ccccc1NC(=O)NCC(C)(C)CO. The molecule has 0 heterocycles. The Morgan fingerprint density at radius 3 is 2.67 bits per heavy atom. The van der Waals surface area contributed by atoms with Crippen LogP contribution in [-0.4, -0.2) is 31.4 Å². The molecule has 0 aromatic heterocycles. The molecule has 0 saturated carbocycles. The van der Waals surface area contributed by atoms with E-state index in [-0.39, 0.29) is 18.1 Å². The van der Waals surface area contributed by atoms with E-state index in [0.29, 0.717) is 18.0 Å². The van der Waals surface area contributed by atoms with Gasteiger partial charge in [0, 0.05) is 18.6 Å². The number of carbonyl (C=O) groups is 1. The van der Waals surface area contributed by atoms with Crippen LogP contribution in [0.15, 0.2) is 24.3 Å². The smallest absolute Gasteiger partial charge is 0.319 e. The minimum absolute atomic E-state index is 0.0158. The van der Waals surface area contributed by atoms with Crippen molar-refractivity contribution in [2.75, 3.05) is 25.6 Å². The molecule has 2 amide bonds. The lowest BCUT2D eigenvalue weighted by Crippen LogP contribution is -2.38. The largest absolute Gasteiger partial charge is 0.495 e. The number of para-hydroxylation sites is 2. The molecular formula is C13H20N2O3. The molecular weight excluding hydrogens is 232 g/mol. The van der Waals surface area contributed by atoms with Crippen molar-refractivity contribution in [1.29, 1.82) is 0 Å². The number of methoxy groups -OCH3 is 1. The second-order valence-corrected chi connectivity index (χ2v) is 4.83. The molecule has 1 rings (SSSR count). The van der Waals surface area contributed by atoms with E-state index in [2.05, 4.69) is 10.6 Å². The minimum atomic E-state index is -0.335. The van der Waals surface area contributed by atoms with Crippen LogP contribution in [0.2, 0.25) is 0 Å². The van der Waals surface area contributed by atoms with Gasteiger partial charge in [-0.2, -0.15) is 0 Å². The van der Waals surface area contributed by atoms with E-state index in [1.165, 1.54) is 0 Å². The van der Waals surface area contributed by atoms with Crippen LogP contribution in [0.4, 0.5) is 10.5 Å². The summed E-state index contributed by atoms with van der Waals surface area (Å²) in [7, 11) is 1.55. The van der Waals surface area contributed by atoms with Gasteiger partial charge in [-0.15, -0.1) is 0 Å². The van der Waals surface area contributed by atoms with Gasteiger partial charge in [0.1, 0.15) is 5.75 Å². The molecule has 1 aromatic rings. The number of ether oxygens (including phenoxy) is 1. The summed E-state index contributed by atoms with van der Waals surface area (Å²) >= 11 is 0. The van der Waals surface area contributed by atoms with Crippen molar-refractivity contribution in [3.8, 4) is 5.75 Å². The Morgan fingerprint density at radius 2 is 2.06 bits per heavy atom. The van der Waals surface area contributed by atoms with Crippen LogP contribution in [0, 0.1) is 5.41 Å². The number of amides is 2. The average molecular weight is 252 g/mol. The summed E-state index contributed by atoms with van der Waals surface area (Å²) in [6.07, 6.45) is 0. The van der Waals surface area contributed by atoms with E-state index in [4.69, 9.17) is 9.84 Å². The van der Waals surface area contributed by atoms with E-state index < -0.39 is 0 Å². The molecule has 3 N–H and O–H groups in total. The third-order valence-electron chi connectivity index (χ3n) is 2.51. The Bertz CT molecular complexity index is 405. The van der Waals surface area contributed by atoms with Gasteiger partial charge in [-0.05, 0) is 12.1 Å². The molecule has 5 heteroatoms. The fourth-order valence-electron chi connectivity index (χ4n) is 1.29. The molecule has 0 aliphatic rings. The van der Waals surface area contributed by atoms with Crippen LogP contribution in [0.25, 0.3) is 0 Å². The molecule has 0 unspecified atom stereocenters. The summed E-state index contributed by atoms with van der Waals surface area (Å²) in [5, 5.41) is 14.5. The Hall–Kier alpha value is -1.75. The number of aliphatic hydroxyl groups is 1. The number of urea groups is 1. The van der Waals surface area contributed by atoms with Gasteiger partial charge >= 0.3 is 6.03 Å². The predicted octanol–water partition coefficient (Wildman–Crippen LogP) is 1.84. The lowest BCUT2D eigenvalue weighted by atomic mass is 9.95. The molecule has 0 aliphatic carbocycles. The van der Waals surface area contributed by atoms with Gasteiger partial charge in [-0.25, -0.2) is 4.79 Å². The zero-order valence-corrected chi connectivity index (χ0v) is 11.0. The Kier molecular flexibility index (Phi) is 4.97. The molecule has 1 aromatic carbocycles. The first kappa shape index (κ1) is 14.3. The topological polar surface area (TPSA) is 70.6 Å². The van der Waals surface area contributed by atoms with Gasteiger partial charge in [-0.3, -0.25) is 0 Å². The molecule has 0 atom stereocenters. The van der Waals surface area contributed by atoms with Gasteiger partial charge in [0.2, 0.25) is 0 Å². The fourth-order valence-corrected chi connectivity index (χ4v) is 1.29. The van der Waals surface area contributed by atoms with E-state index in [0.717, 1.165) is 0 Å². The summed E-state index contributed by atoms with van der Waals surface area (Å²) in [5.74, 6) is 0.606. The highest BCUT2D eigenvalue weighted by Gasteiger charge is 2.17. The number of aliphatic hydroxyl groups excluding tert-OH is 1. The monoisotopic (exact) mass is 252 g/mol. The normalized spacial score (nSPS) is 10.9. The summed E-state index contributed by atoms with van der Waals surface area (Å²) < 4.78 is 5.13. The second-order valence-electron chi connectivity index (χ2n) is 4.83. The summed E-state index contributed by atoms with van der Waals surface area (Å²) in [6.45, 7) is 4.15. The molecule has 0 aliphatic heterocycles. The lowest BCUT2D eigenvalue weighted by molar-refractivity contribution is 0.158. The number of hydrogen-bond acceptors (Lipinski definition) is 3. The number of nitrogens with one attached hydrogen (secondary N) is 2. The van der Waals surface area contributed by atoms with Crippen LogP contribution in [0.3, 0.4) is 0 Å². The van der Waals surface area contributed by atoms with E-state index in [9.17, 15) is 4.79 Å². The van der Waals surface area contributed by atoms with Crippen LogP contribution >= 0.6 is 0 Å². The standard InChI is InChI=1S/C13H20N2O3/c1-13(2,9-16)8-14-12(17)15-10-6-4-5-7-11(10)18-3/h4-7,16H,8-9H2,1-3H3,(H2,14,15,17). The van der Waals surface area contributed by atoms with Crippen LogP contribution < -0.4 is 15.4 Å². The highest BCUT2D eigenvalue weighted by Crippen LogP contribution is 2.22. The first-order valence-corrected chi connectivity index (χ1v) is 5.77. The zero-order chi connectivity index (χ0) is 13.6. The Labute approximate surface area is 107 Å². The summed E-state index contributed by atoms with van der Waals surface area (Å²) in [5.41, 5.74) is 0.275. The van der Waals surface area contributed by atoms with E-state index >= 15 is 0 Å². The Balaban J connectivity index is 2.55. The van der Waals surface area contributed by atoms with Gasteiger partial charge in [0.25, 0.3) is 0 Å². The Morgan fingerprint density at radius 1 is 1.39 bits per heavy atom. The molecule has 0 radical (unpaired) electrons. The number of rotatable bonds is 5. The van der Waals surface area contributed by atoms with Gasteiger partial charge in [0.05, 0.1) is 12.8 Å². The number of carbonyl (C=O) groups excluding carboxylic acids is 1. The summed E-state index contributed by atoms with van der Waals surface area (Å²) in [4.78, 5) is 11.7. The van der Waals surface area contributed by atoms with E-state index in [1.807, 2.05) is 26.0 Å². The highest BCUT2D eigenvalue weighted by molar-refractivity contribution is 5.90. The number of hydrogen-bond donors (Lipinski definition) is 3. The maximum absolute atomic E-state index is 11.7. The molecule has 0 spiro atoms. The van der Waals surface area contributed by atoms with Crippen LogP contribution in [0.1, 0.15) is 13.8 Å². The van der Waals surface area contributed by atoms with Crippen molar-refractivity contribution in [2.45, 2.75) is 13.8 Å². The second kappa shape index (κ2) is 6.26. The first-order chi connectivity index (χ1) is 8.48. The molecule has 0 saturated heterocycles. The van der Waals surface area contributed by atoms with E-state index in [1.54, 1.807) is 19.2 Å². The first-order valence-electron chi connectivity index (χ1n) is 5.77. The number of benzene rings is 1. The van der Waals surface area contributed by atoms with Crippen LogP contribution in [0.5, 0.6) is 5.75 Å². The van der Waals surface area contributed by atoms with Gasteiger partial charge < -0.3 is 20.5 Å². The van der Waals surface area contributed by atoms with Gasteiger partial charge in [0.15, 0.2) is 0 Å². The quantitative estimate of drug-likeness (QED) is 0.748. The molecule has 100 valence electrons. The van der Waals surface area contributed by atoms with Crippen molar-refractivity contribution < 1.29 is 14.6 Å². The average Bonchev–Trinajstić information content (AvgIpc) is 2.37. The minimum Gasteiger partial charge on any atom is -0.495 e. The third kappa shape index (κ3) is 4.25. The van der Waals surface area contributed by atoms with Gasteiger partial charge in [-0.1, -0.05) is 26.0 Å². The zero-order valence-electron chi connectivity index (χ0n) is 11.0. The maximum Gasteiger partial charge on any atom is 0.319 e. The third-order valence-corrected chi connectivity index (χ3v) is 2.51.